The van der Waals surface area contributed by atoms with E-state index in [1.54, 1.807) is 17.9 Å². The molecule has 0 aromatic carbocycles. The zero-order valence-corrected chi connectivity index (χ0v) is 17.0. The normalized spacial score (nSPS) is 13.6. The number of nitrogens with zero attached hydrogens (tertiary/aromatic N) is 4. The Hall–Kier alpha value is -3.26. The van der Waals surface area contributed by atoms with Crippen LogP contribution in [0.3, 0.4) is 0 Å². The number of hydrogen-bond acceptors (Lipinski definition) is 6. The molecule has 0 fully saturated rings. The van der Waals surface area contributed by atoms with Crippen molar-refractivity contribution in [3.05, 3.63) is 53.2 Å². The van der Waals surface area contributed by atoms with Crippen LogP contribution in [-0.2, 0) is 4.79 Å². The molecule has 2 amide bonds. The van der Waals surface area contributed by atoms with E-state index in [4.69, 9.17) is 17.3 Å². The minimum absolute atomic E-state index is 0.00813. The van der Waals surface area contributed by atoms with Crippen LogP contribution in [0.4, 0.5) is 11.5 Å². The van der Waals surface area contributed by atoms with Gasteiger partial charge in [0.05, 0.1) is 11.4 Å². The van der Waals surface area contributed by atoms with Crippen LogP contribution in [0.1, 0.15) is 42.0 Å². The van der Waals surface area contributed by atoms with Crippen molar-refractivity contribution in [3.8, 4) is 0 Å². The number of halogens is 1. The maximum Gasteiger partial charge on any atom is 0.254 e. The highest BCUT2D eigenvalue weighted by atomic mass is 35.5. The highest BCUT2D eigenvalue weighted by Crippen LogP contribution is 2.28. The van der Waals surface area contributed by atoms with Crippen LogP contribution in [-0.4, -0.2) is 44.8 Å². The van der Waals surface area contributed by atoms with Crippen molar-refractivity contribution in [2.24, 2.45) is 5.73 Å². The lowest BCUT2D eigenvalue weighted by Gasteiger charge is -2.25. The molecule has 0 saturated carbocycles. The molecule has 0 aliphatic carbocycles. The van der Waals surface area contributed by atoms with Gasteiger partial charge in [0.15, 0.2) is 0 Å². The molecule has 8 nitrogen and oxygen atoms in total. The minimum Gasteiger partial charge on any atom is -0.365 e. The monoisotopic (exact) mass is 412 g/mol. The van der Waals surface area contributed by atoms with Crippen molar-refractivity contribution in [2.45, 2.75) is 20.3 Å². The lowest BCUT2D eigenvalue weighted by atomic mass is 10.0. The van der Waals surface area contributed by atoms with Crippen LogP contribution in [0.2, 0.25) is 5.28 Å². The minimum atomic E-state index is -0.669. The average Bonchev–Trinajstić information content (AvgIpc) is 2.67. The van der Waals surface area contributed by atoms with Gasteiger partial charge in [-0.3, -0.25) is 9.59 Å². The van der Waals surface area contributed by atoms with Gasteiger partial charge >= 0.3 is 0 Å². The zero-order valence-electron chi connectivity index (χ0n) is 16.2. The molecule has 2 aromatic heterocycles. The molecule has 0 bridgehead atoms. The molecule has 3 heterocycles. The fraction of sp³-hybridized carbons (Fsp3) is 0.250. The van der Waals surface area contributed by atoms with Crippen molar-refractivity contribution in [3.63, 3.8) is 0 Å². The molecule has 29 heavy (non-hydrogen) atoms. The first-order valence-electron chi connectivity index (χ1n) is 8.97. The van der Waals surface area contributed by atoms with Crippen molar-refractivity contribution < 1.29 is 9.59 Å². The summed E-state index contributed by atoms with van der Waals surface area (Å²) in [5, 5.41) is 3.08. The molecule has 2 aromatic rings. The van der Waals surface area contributed by atoms with Gasteiger partial charge in [-0.15, -0.1) is 0 Å². The third kappa shape index (κ3) is 4.78. The quantitative estimate of drug-likeness (QED) is 0.729. The number of pyridine rings is 1. The average molecular weight is 413 g/mol. The molecule has 0 spiro atoms. The van der Waals surface area contributed by atoms with Crippen LogP contribution in [0.25, 0.3) is 11.1 Å². The summed E-state index contributed by atoms with van der Waals surface area (Å²) in [7, 11) is 0. The zero-order chi connectivity index (χ0) is 21.1. The molecule has 0 atom stereocenters. The largest absolute Gasteiger partial charge is 0.365 e. The topological polar surface area (TPSA) is 114 Å². The van der Waals surface area contributed by atoms with E-state index >= 15 is 0 Å². The van der Waals surface area contributed by atoms with Crippen LogP contribution < -0.4 is 11.1 Å². The molecule has 9 heteroatoms. The Morgan fingerprint density at radius 2 is 2.03 bits per heavy atom. The molecule has 1 aliphatic heterocycles. The van der Waals surface area contributed by atoms with Crippen LogP contribution >= 0.6 is 11.6 Å². The molecule has 0 saturated heterocycles. The molecule has 0 radical (unpaired) electrons. The number of hydrogen-bond donors (Lipinski definition) is 2. The Morgan fingerprint density at radius 3 is 2.62 bits per heavy atom. The lowest BCUT2D eigenvalue weighted by Crippen LogP contribution is -2.32. The van der Waals surface area contributed by atoms with Gasteiger partial charge in [0.2, 0.25) is 11.2 Å². The first-order valence-corrected chi connectivity index (χ1v) is 9.34. The fourth-order valence-corrected chi connectivity index (χ4v) is 3.08. The summed E-state index contributed by atoms with van der Waals surface area (Å²) in [6.07, 6.45) is 3.97. The number of carbonyl (C=O) groups excluding carboxylic acids is 2. The van der Waals surface area contributed by atoms with Gasteiger partial charge in [-0.2, -0.15) is 4.98 Å². The fourth-order valence-electron chi connectivity index (χ4n) is 2.95. The highest BCUT2D eigenvalue weighted by Gasteiger charge is 2.18. The van der Waals surface area contributed by atoms with Crippen LogP contribution in [0.5, 0.6) is 0 Å². The molecular weight excluding hydrogens is 392 g/mol. The Labute approximate surface area is 173 Å². The predicted molar refractivity (Wildman–Crippen MR) is 113 cm³/mol. The van der Waals surface area contributed by atoms with E-state index in [-0.39, 0.29) is 22.6 Å². The first-order chi connectivity index (χ1) is 13.7. The number of nitrogens with one attached hydrogen (secondary N) is 1. The smallest absolute Gasteiger partial charge is 0.254 e. The van der Waals surface area contributed by atoms with Crippen molar-refractivity contribution in [1.82, 2.24) is 19.9 Å². The first kappa shape index (κ1) is 20.5. The SMILES string of the molecule is C=C(C)c1cc(Nc2nc(Cl)ncc2C(N)=O)cc(C2=CCN(C(C)=O)CC2)n1. The summed E-state index contributed by atoms with van der Waals surface area (Å²) in [4.78, 5) is 37.6. The second kappa shape index (κ2) is 8.40. The maximum absolute atomic E-state index is 11.7. The summed E-state index contributed by atoms with van der Waals surface area (Å²) >= 11 is 5.88. The van der Waals surface area contributed by atoms with Crippen molar-refractivity contribution >= 4 is 46.1 Å². The van der Waals surface area contributed by atoms with E-state index in [0.717, 1.165) is 16.8 Å². The Balaban J connectivity index is 1.99. The number of carbonyl (C=O) groups is 2. The number of rotatable bonds is 5. The van der Waals surface area contributed by atoms with E-state index in [0.29, 0.717) is 30.9 Å². The van der Waals surface area contributed by atoms with Crippen molar-refractivity contribution in [1.29, 1.82) is 0 Å². The predicted octanol–water partition coefficient (Wildman–Crippen LogP) is 3.04. The number of amides is 2. The molecular formula is C20H21ClN6O2. The third-order valence-electron chi connectivity index (χ3n) is 4.53. The summed E-state index contributed by atoms with van der Waals surface area (Å²) in [5.74, 6) is -0.411. The summed E-state index contributed by atoms with van der Waals surface area (Å²) in [5.41, 5.74) is 9.46. The summed E-state index contributed by atoms with van der Waals surface area (Å²) in [6, 6.07) is 3.65. The lowest BCUT2D eigenvalue weighted by molar-refractivity contribution is -0.128. The molecule has 3 N–H and O–H groups in total. The van der Waals surface area contributed by atoms with Crippen molar-refractivity contribution in [2.75, 3.05) is 18.4 Å². The van der Waals surface area contributed by atoms with Gasteiger partial charge in [0, 0.05) is 31.9 Å². The Morgan fingerprint density at radius 1 is 1.28 bits per heavy atom. The van der Waals surface area contributed by atoms with Crippen LogP contribution in [0.15, 0.2) is 31.0 Å². The van der Waals surface area contributed by atoms with Gasteiger partial charge in [0.1, 0.15) is 11.4 Å². The van der Waals surface area contributed by atoms with Gasteiger partial charge in [-0.05, 0) is 48.2 Å². The maximum atomic E-state index is 11.7. The van der Waals surface area contributed by atoms with E-state index in [2.05, 4.69) is 26.8 Å². The molecule has 150 valence electrons. The van der Waals surface area contributed by atoms with Gasteiger partial charge in [0.25, 0.3) is 5.91 Å². The standard InChI is InChI=1S/C20H21ClN6O2/c1-11(2)16-8-14(24-19-15(18(22)29)10-23-20(21)26-19)9-17(25-16)13-4-6-27(7-5-13)12(3)28/h4,8-10H,1,5-7H2,2-3H3,(H2,22,29)(H,23,24,25,26). The highest BCUT2D eigenvalue weighted by molar-refractivity contribution is 6.28. The third-order valence-corrected chi connectivity index (χ3v) is 4.72. The second-order valence-electron chi connectivity index (χ2n) is 6.74. The second-order valence-corrected chi connectivity index (χ2v) is 7.08. The Kier molecular flexibility index (Phi) is 5.93. The molecule has 3 rings (SSSR count). The number of anilines is 2. The van der Waals surface area contributed by atoms with E-state index < -0.39 is 5.91 Å². The summed E-state index contributed by atoms with van der Waals surface area (Å²) < 4.78 is 0. The van der Waals surface area contributed by atoms with E-state index in [1.165, 1.54) is 6.20 Å². The van der Waals surface area contributed by atoms with Gasteiger partial charge < -0.3 is 16.0 Å². The number of aromatic nitrogens is 3. The molecule has 0 unspecified atom stereocenters. The Bertz CT molecular complexity index is 1030. The van der Waals surface area contributed by atoms with Gasteiger partial charge in [-0.1, -0.05) is 12.7 Å². The van der Waals surface area contributed by atoms with E-state index in [1.807, 2.05) is 19.1 Å². The number of primary amides is 1. The van der Waals surface area contributed by atoms with E-state index in [9.17, 15) is 9.59 Å². The van der Waals surface area contributed by atoms with Gasteiger partial charge in [-0.25, -0.2) is 9.97 Å². The number of allylic oxidation sites excluding steroid dienone is 1. The summed E-state index contributed by atoms with van der Waals surface area (Å²) in [6.45, 7) is 8.57. The van der Waals surface area contributed by atoms with Crippen LogP contribution in [0, 0.1) is 0 Å². The molecule has 1 aliphatic rings. The number of nitrogens with two attached hydrogens (primary N) is 1.